The third-order valence-corrected chi connectivity index (χ3v) is 1.22. The molecule has 0 amide bonds. The van der Waals surface area contributed by atoms with Crippen LogP contribution in [0.4, 0.5) is 0 Å². The maximum Gasteiger partial charge on any atom is 0.0777 e. The largest absolute Gasteiger partial charge is 0.313 e. The van der Waals surface area contributed by atoms with Crippen LogP contribution in [-0.4, -0.2) is 18.8 Å². The van der Waals surface area contributed by atoms with Gasteiger partial charge in [0.05, 0.1) is 5.66 Å². The molecule has 1 rings (SSSR count). The second-order valence-electron chi connectivity index (χ2n) is 2.16. The molecule has 7 heavy (non-hydrogen) atoms. The fourth-order valence-electron chi connectivity index (χ4n) is 0.731. The van der Waals surface area contributed by atoms with Gasteiger partial charge in [0.25, 0.3) is 0 Å². The van der Waals surface area contributed by atoms with E-state index in [1.807, 2.05) is 0 Å². The van der Waals surface area contributed by atoms with Crippen molar-refractivity contribution in [1.29, 1.82) is 0 Å². The molecule has 0 aromatic heterocycles. The summed E-state index contributed by atoms with van der Waals surface area (Å²) in [4.78, 5) is 0. The molecule has 1 saturated heterocycles. The molecule has 1 aliphatic heterocycles. The van der Waals surface area contributed by atoms with Gasteiger partial charge >= 0.3 is 0 Å². The van der Waals surface area contributed by atoms with Gasteiger partial charge in [-0.05, 0) is 13.0 Å². The molecule has 3 heteroatoms. The average Bonchev–Trinajstić information content (AvgIpc) is 1.84. The normalized spacial score (nSPS) is 28.3. The van der Waals surface area contributed by atoms with Crippen molar-refractivity contribution in [3.63, 3.8) is 0 Å². The van der Waals surface area contributed by atoms with Crippen LogP contribution in [0.3, 0.4) is 0 Å². The van der Waals surface area contributed by atoms with E-state index >= 15 is 0 Å². The second-order valence-corrected chi connectivity index (χ2v) is 2.16. The van der Waals surface area contributed by atoms with Gasteiger partial charge < -0.3 is 16.8 Å². The molecule has 0 spiro atoms. The maximum atomic E-state index is 5.49. The van der Waals surface area contributed by atoms with E-state index in [4.69, 9.17) is 11.5 Å². The van der Waals surface area contributed by atoms with Gasteiger partial charge in [0.15, 0.2) is 0 Å². The molecule has 1 heterocycles. The Morgan fingerprint density at radius 2 is 2.14 bits per heavy atom. The summed E-state index contributed by atoms with van der Waals surface area (Å²) in [6.07, 6.45) is 0.896. The topological polar surface area (TPSA) is 64.1 Å². The van der Waals surface area contributed by atoms with Crippen LogP contribution in [0.2, 0.25) is 0 Å². The summed E-state index contributed by atoms with van der Waals surface area (Å²) in [5, 5.41) is 3.06. The molecule has 0 aromatic rings. The van der Waals surface area contributed by atoms with Gasteiger partial charge in [0, 0.05) is 6.54 Å². The van der Waals surface area contributed by atoms with E-state index in [0.29, 0.717) is 0 Å². The summed E-state index contributed by atoms with van der Waals surface area (Å²) < 4.78 is 0. The van der Waals surface area contributed by atoms with E-state index in [9.17, 15) is 0 Å². The number of nitrogens with two attached hydrogens (primary N) is 2. The molecule has 0 radical (unpaired) electrons. The Morgan fingerprint density at radius 1 is 1.43 bits per heavy atom. The molecule has 0 aliphatic carbocycles. The summed E-state index contributed by atoms with van der Waals surface area (Å²) in [7, 11) is 0. The van der Waals surface area contributed by atoms with E-state index in [1.54, 1.807) is 0 Å². The lowest BCUT2D eigenvalue weighted by Crippen LogP contribution is -2.50. The summed E-state index contributed by atoms with van der Waals surface area (Å²) in [5.74, 6) is 0. The van der Waals surface area contributed by atoms with E-state index < -0.39 is 5.66 Å². The minimum absolute atomic E-state index is 0.417. The van der Waals surface area contributed by atoms with Crippen LogP contribution in [0.1, 0.15) is 6.42 Å². The lowest BCUT2D eigenvalue weighted by Gasteiger charge is -2.13. The van der Waals surface area contributed by atoms with Gasteiger partial charge in [-0.1, -0.05) is 0 Å². The van der Waals surface area contributed by atoms with Crippen LogP contribution in [0.15, 0.2) is 0 Å². The van der Waals surface area contributed by atoms with Gasteiger partial charge in [-0.15, -0.1) is 0 Å². The molecule has 0 atom stereocenters. The van der Waals surface area contributed by atoms with Crippen molar-refractivity contribution in [3.8, 4) is 0 Å². The van der Waals surface area contributed by atoms with Crippen molar-refractivity contribution in [3.05, 3.63) is 0 Å². The van der Waals surface area contributed by atoms with E-state index in [0.717, 1.165) is 19.5 Å². The highest BCUT2D eigenvalue weighted by Gasteiger charge is 2.22. The first-order valence-corrected chi connectivity index (χ1v) is 2.49. The lowest BCUT2D eigenvalue weighted by atomic mass is 10.2. The average molecular weight is 101 g/mol. The predicted molar refractivity (Wildman–Crippen MR) is 28.6 cm³/mol. The molecular weight excluding hydrogens is 90.1 g/mol. The Labute approximate surface area is 43.1 Å². The van der Waals surface area contributed by atoms with Crippen molar-refractivity contribution < 1.29 is 0 Å². The zero-order valence-electron chi connectivity index (χ0n) is 4.28. The van der Waals surface area contributed by atoms with Crippen LogP contribution in [-0.2, 0) is 0 Å². The van der Waals surface area contributed by atoms with Crippen molar-refractivity contribution in [1.82, 2.24) is 5.32 Å². The fraction of sp³-hybridized carbons (Fsp3) is 1.00. The fourth-order valence-corrected chi connectivity index (χ4v) is 0.731. The third kappa shape index (κ3) is 1.12. The van der Waals surface area contributed by atoms with Crippen molar-refractivity contribution in [2.24, 2.45) is 11.5 Å². The molecule has 1 aliphatic rings. The van der Waals surface area contributed by atoms with Gasteiger partial charge in [-0.25, -0.2) is 0 Å². The highest BCUT2D eigenvalue weighted by molar-refractivity contribution is 4.85. The van der Waals surface area contributed by atoms with Crippen LogP contribution >= 0.6 is 0 Å². The van der Waals surface area contributed by atoms with Crippen molar-refractivity contribution >= 4 is 0 Å². The van der Waals surface area contributed by atoms with Gasteiger partial charge in [-0.3, -0.25) is 0 Å². The molecule has 0 bridgehead atoms. The number of hydrogen-bond acceptors (Lipinski definition) is 3. The summed E-state index contributed by atoms with van der Waals surface area (Å²) in [5.41, 5.74) is 10.6. The van der Waals surface area contributed by atoms with Crippen LogP contribution in [0.5, 0.6) is 0 Å². The Morgan fingerprint density at radius 3 is 2.29 bits per heavy atom. The highest BCUT2D eigenvalue weighted by atomic mass is 15.1. The smallest absolute Gasteiger partial charge is 0.0777 e. The SMILES string of the molecule is NC1(N)CCNC1. The summed E-state index contributed by atoms with van der Waals surface area (Å²) in [6.45, 7) is 1.72. The molecule has 0 unspecified atom stereocenters. The summed E-state index contributed by atoms with van der Waals surface area (Å²) in [6, 6.07) is 0. The molecule has 0 saturated carbocycles. The highest BCUT2D eigenvalue weighted by Crippen LogP contribution is 2.00. The Balaban J connectivity index is 2.40. The van der Waals surface area contributed by atoms with Crippen LogP contribution < -0.4 is 16.8 Å². The van der Waals surface area contributed by atoms with Crippen LogP contribution in [0, 0.1) is 0 Å². The molecule has 5 N–H and O–H groups in total. The molecule has 3 nitrogen and oxygen atoms in total. The zero-order chi connectivity index (χ0) is 5.33. The number of hydrogen-bond donors (Lipinski definition) is 3. The van der Waals surface area contributed by atoms with Crippen molar-refractivity contribution in [2.75, 3.05) is 13.1 Å². The molecule has 0 aromatic carbocycles. The quantitative estimate of drug-likeness (QED) is 0.329. The van der Waals surface area contributed by atoms with Crippen LogP contribution in [0.25, 0.3) is 0 Å². The number of rotatable bonds is 0. The first-order chi connectivity index (χ1) is 3.21. The number of nitrogens with one attached hydrogen (secondary N) is 1. The third-order valence-electron chi connectivity index (χ3n) is 1.22. The predicted octanol–water partition coefficient (Wildman–Crippen LogP) is -1.41. The molecule has 1 fully saturated rings. The Hall–Kier alpha value is -0.120. The standard InChI is InChI=1S/C4H11N3/c5-4(6)1-2-7-3-4/h7H,1-3,5-6H2. The van der Waals surface area contributed by atoms with Gasteiger partial charge in [0.2, 0.25) is 0 Å². The first-order valence-electron chi connectivity index (χ1n) is 2.49. The minimum Gasteiger partial charge on any atom is -0.313 e. The zero-order valence-corrected chi connectivity index (χ0v) is 4.28. The van der Waals surface area contributed by atoms with E-state index in [-0.39, 0.29) is 0 Å². The molecular formula is C4H11N3. The van der Waals surface area contributed by atoms with Crippen molar-refractivity contribution in [2.45, 2.75) is 12.1 Å². The Bertz CT molecular complexity index is 61.3. The molecule has 42 valence electrons. The summed E-state index contributed by atoms with van der Waals surface area (Å²) >= 11 is 0. The first kappa shape index (κ1) is 5.03. The minimum atomic E-state index is -0.417. The van der Waals surface area contributed by atoms with Gasteiger partial charge in [0.1, 0.15) is 0 Å². The van der Waals surface area contributed by atoms with Gasteiger partial charge in [-0.2, -0.15) is 0 Å². The second kappa shape index (κ2) is 1.43. The Kier molecular flexibility index (Phi) is 1.03. The lowest BCUT2D eigenvalue weighted by molar-refractivity contribution is 0.490. The maximum absolute atomic E-state index is 5.49. The van der Waals surface area contributed by atoms with E-state index in [2.05, 4.69) is 5.32 Å². The monoisotopic (exact) mass is 101 g/mol. The van der Waals surface area contributed by atoms with E-state index in [1.165, 1.54) is 0 Å².